The number of nitrogens with one attached hydrogen (secondary N) is 3. The first kappa shape index (κ1) is 29.8. The topological polar surface area (TPSA) is 85.9 Å². The molecule has 2 aliphatic heterocycles. The van der Waals surface area contributed by atoms with E-state index in [1.54, 1.807) is 21.1 Å². The Morgan fingerprint density at radius 1 is 1.10 bits per heavy atom. The fourth-order valence-corrected chi connectivity index (χ4v) is 5.60. The van der Waals surface area contributed by atoms with Gasteiger partial charge in [0, 0.05) is 44.0 Å². The van der Waals surface area contributed by atoms with Gasteiger partial charge in [-0.3, -0.25) is 14.5 Å². The largest absolute Gasteiger partial charge is 0.496 e. The van der Waals surface area contributed by atoms with Crippen molar-refractivity contribution >= 4 is 40.7 Å². The number of piperazine rings is 1. The van der Waals surface area contributed by atoms with Crippen LogP contribution in [0.2, 0.25) is 0 Å². The maximum absolute atomic E-state index is 14.0. The number of rotatable bonds is 8. The lowest BCUT2D eigenvalue weighted by atomic mass is 9.99. The van der Waals surface area contributed by atoms with Crippen molar-refractivity contribution in [1.29, 1.82) is 0 Å². The molecule has 2 atom stereocenters. The first-order valence-corrected chi connectivity index (χ1v) is 13.9. The molecule has 2 aliphatic rings. The van der Waals surface area contributed by atoms with Gasteiger partial charge in [0.25, 0.3) is 0 Å². The number of ether oxygens (including phenoxy) is 1. The summed E-state index contributed by atoms with van der Waals surface area (Å²) in [6.07, 6.45) is 1.26. The highest BCUT2D eigenvalue weighted by molar-refractivity contribution is 6.01. The molecule has 3 N–H and O–H groups in total. The van der Waals surface area contributed by atoms with Crippen molar-refractivity contribution in [2.24, 2.45) is 0 Å². The van der Waals surface area contributed by atoms with E-state index in [1.807, 2.05) is 29.2 Å². The molecule has 1 fully saturated rings. The Morgan fingerprint density at radius 3 is 2.62 bits per heavy atom. The summed E-state index contributed by atoms with van der Waals surface area (Å²) in [6, 6.07) is 17.7. The van der Waals surface area contributed by atoms with Crippen molar-refractivity contribution in [2.75, 3.05) is 45.2 Å². The predicted octanol–water partition coefficient (Wildman–Crippen LogP) is 3.25. The summed E-state index contributed by atoms with van der Waals surface area (Å²) >= 11 is 0. The fraction of sp³-hybridized carbons (Fsp3) is 0.419. The highest BCUT2D eigenvalue weighted by Crippen LogP contribution is 2.34. The van der Waals surface area contributed by atoms with Crippen molar-refractivity contribution in [3.05, 3.63) is 71.3 Å². The van der Waals surface area contributed by atoms with Gasteiger partial charge in [-0.2, -0.15) is 0 Å². The van der Waals surface area contributed by atoms with Crippen LogP contribution in [0.15, 0.2) is 54.6 Å². The highest BCUT2D eigenvalue weighted by atomic mass is 35.5. The number of benzene rings is 3. The number of hydrogen-bond acceptors (Lipinski definition) is 6. The second-order valence-electron chi connectivity index (χ2n) is 10.5. The van der Waals surface area contributed by atoms with E-state index in [0.29, 0.717) is 19.4 Å². The van der Waals surface area contributed by atoms with Crippen LogP contribution in [-0.4, -0.2) is 69.1 Å². The van der Waals surface area contributed by atoms with Crippen LogP contribution in [0.4, 0.5) is 5.69 Å². The van der Waals surface area contributed by atoms with Gasteiger partial charge in [0.2, 0.25) is 11.8 Å². The van der Waals surface area contributed by atoms with Gasteiger partial charge in [0.1, 0.15) is 11.8 Å². The lowest BCUT2D eigenvalue weighted by Gasteiger charge is -2.28. The molecule has 0 aromatic heterocycles. The third-order valence-electron chi connectivity index (χ3n) is 8.00. The summed E-state index contributed by atoms with van der Waals surface area (Å²) in [5, 5.41) is 11.6. The molecule has 0 unspecified atom stereocenters. The minimum absolute atomic E-state index is 0. The molecule has 3 aromatic rings. The molecule has 0 bridgehead atoms. The highest BCUT2D eigenvalue weighted by Gasteiger charge is 2.33. The number of methoxy groups -OCH3 is 1. The summed E-state index contributed by atoms with van der Waals surface area (Å²) in [5.41, 5.74) is 4.22. The van der Waals surface area contributed by atoms with Crippen LogP contribution in [0, 0.1) is 0 Å². The summed E-state index contributed by atoms with van der Waals surface area (Å²) < 4.78 is 5.81. The van der Waals surface area contributed by atoms with Gasteiger partial charge < -0.3 is 25.6 Å². The Bertz CT molecular complexity index is 1340. The Hall–Kier alpha value is -3.17. The van der Waals surface area contributed by atoms with E-state index in [1.165, 1.54) is 5.56 Å². The molecule has 3 aromatic carbocycles. The average molecular weight is 566 g/mol. The zero-order valence-electron chi connectivity index (χ0n) is 23.5. The molecular weight excluding hydrogens is 526 g/mol. The van der Waals surface area contributed by atoms with Crippen LogP contribution < -0.4 is 25.6 Å². The quantitative estimate of drug-likeness (QED) is 0.389. The van der Waals surface area contributed by atoms with Gasteiger partial charge in [-0.25, -0.2) is 0 Å². The summed E-state index contributed by atoms with van der Waals surface area (Å²) in [7, 11) is 3.41. The molecule has 1 saturated heterocycles. The van der Waals surface area contributed by atoms with Crippen LogP contribution >= 0.6 is 12.4 Å². The second kappa shape index (κ2) is 13.5. The number of para-hydroxylation sites is 1. The van der Waals surface area contributed by atoms with E-state index in [2.05, 4.69) is 51.2 Å². The minimum atomic E-state index is -0.604. The number of carbonyl (C=O) groups is 2. The lowest BCUT2D eigenvalue weighted by Crippen LogP contribution is -2.52. The van der Waals surface area contributed by atoms with Gasteiger partial charge in [-0.1, -0.05) is 36.4 Å². The fourth-order valence-electron chi connectivity index (χ4n) is 5.60. The van der Waals surface area contributed by atoms with E-state index in [0.717, 1.165) is 66.1 Å². The third kappa shape index (κ3) is 6.41. The Kier molecular flexibility index (Phi) is 10.0. The van der Waals surface area contributed by atoms with Gasteiger partial charge in [0.15, 0.2) is 0 Å². The second-order valence-corrected chi connectivity index (χ2v) is 10.5. The molecule has 8 nitrogen and oxygen atoms in total. The van der Waals surface area contributed by atoms with E-state index >= 15 is 0 Å². The number of aryl methyl sites for hydroxylation is 1. The van der Waals surface area contributed by atoms with E-state index in [-0.39, 0.29) is 30.3 Å². The van der Waals surface area contributed by atoms with Crippen molar-refractivity contribution < 1.29 is 14.3 Å². The van der Waals surface area contributed by atoms with Crippen LogP contribution in [-0.2, 0) is 29.1 Å². The standard InChI is InChI=1S/C31H39N5O3.ClH/c1-21(32-2)30(37)34-27-12-9-23-6-4-5-7-28(23)36(31(27)38)20-26-25-11-8-22(19-35-16-14-33-15-17-35)18-24(25)10-13-29(26)39-3;/h4-8,10-11,13,18,21,27,32-33H,9,12,14-17,19-20H2,1-3H3,(H,34,37);1H/t21-,27-;/m0./s1. The zero-order valence-corrected chi connectivity index (χ0v) is 24.4. The first-order valence-electron chi connectivity index (χ1n) is 13.9. The number of halogens is 1. The predicted molar refractivity (Wildman–Crippen MR) is 162 cm³/mol. The molecule has 214 valence electrons. The Labute approximate surface area is 242 Å². The number of anilines is 1. The number of hydrogen-bond donors (Lipinski definition) is 3. The van der Waals surface area contributed by atoms with Crippen molar-refractivity contribution in [2.45, 2.75) is 44.9 Å². The third-order valence-corrected chi connectivity index (χ3v) is 8.00. The summed E-state index contributed by atoms with van der Waals surface area (Å²) in [4.78, 5) is 31.0. The number of carbonyl (C=O) groups excluding carboxylic acids is 2. The Morgan fingerprint density at radius 2 is 1.88 bits per heavy atom. The molecule has 0 aliphatic carbocycles. The van der Waals surface area contributed by atoms with Crippen LogP contribution in [0.1, 0.15) is 30.0 Å². The van der Waals surface area contributed by atoms with E-state index in [9.17, 15) is 9.59 Å². The van der Waals surface area contributed by atoms with Crippen LogP contribution in [0.5, 0.6) is 5.75 Å². The van der Waals surface area contributed by atoms with Crippen molar-refractivity contribution in [1.82, 2.24) is 20.9 Å². The number of nitrogens with zero attached hydrogens (tertiary/aromatic N) is 2. The normalized spacial score (nSPS) is 18.4. The van der Waals surface area contributed by atoms with E-state index < -0.39 is 6.04 Å². The molecular formula is C31H40ClN5O3. The number of amides is 2. The van der Waals surface area contributed by atoms with Gasteiger partial charge in [-0.15, -0.1) is 12.4 Å². The molecule has 2 heterocycles. The maximum atomic E-state index is 14.0. The van der Waals surface area contributed by atoms with Gasteiger partial charge >= 0.3 is 0 Å². The number of likely N-dealkylation sites (N-methyl/N-ethyl adjacent to an activating group) is 1. The number of fused-ring (bicyclic) bond motifs is 2. The molecule has 0 radical (unpaired) electrons. The molecule has 5 rings (SSSR count). The molecule has 40 heavy (non-hydrogen) atoms. The maximum Gasteiger partial charge on any atom is 0.249 e. The smallest absolute Gasteiger partial charge is 0.249 e. The monoisotopic (exact) mass is 565 g/mol. The lowest BCUT2D eigenvalue weighted by molar-refractivity contribution is -0.128. The molecule has 2 amide bonds. The summed E-state index contributed by atoms with van der Waals surface area (Å²) in [5.74, 6) is 0.462. The van der Waals surface area contributed by atoms with E-state index in [4.69, 9.17) is 4.74 Å². The molecule has 0 saturated carbocycles. The first-order chi connectivity index (χ1) is 19.0. The zero-order chi connectivity index (χ0) is 27.4. The van der Waals surface area contributed by atoms with Crippen molar-refractivity contribution in [3.8, 4) is 5.75 Å². The van der Waals surface area contributed by atoms with Crippen molar-refractivity contribution in [3.63, 3.8) is 0 Å². The minimum Gasteiger partial charge on any atom is -0.496 e. The average Bonchev–Trinajstić information content (AvgIpc) is 3.09. The van der Waals surface area contributed by atoms with Gasteiger partial charge in [-0.05, 0) is 66.9 Å². The van der Waals surface area contributed by atoms with Crippen LogP contribution in [0.25, 0.3) is 10.8 Å². The van der Waals surface area contributed by atoms with Gasteiger partial charge in [0.05, 0.1) is 19.7 Å². The molecule has 0 spiro atoms. The SMILES string of the molecule is CN[C@@H](C)C(=O)N[C@H]1CCc2ccccc2N(Cc2c(OC)ccc3cc(CN4CCNCC4)ccc23)C1=O.Cl. The summed E-state index contributed by atoms with van der Waals surface area (Å²) in [6.45, 7) is 7.21. The molecule has 9 heteroatoms. The van der Waals surface area contributed by atoms with Crippen LogP contribution in [0.3, 0.4) is 0 Å². The Balaban J connectivity index is 0.00000370.